The van der Waals surface area contributed by atoms with Crippen molar-refractivity contribution < 1.29 is 88.6 Å². The van der Waals surface area contributed by atoms with Crippen LogP contribution in [0.2, 0.25) is 0 Å². The van der Waals surface area contributed by atoms with Crippen LogP contribution in [0.25, 0.3) is 0 Å². The van der Waals surface area contributed by atoms with Crippen molar-refractivity contribution in [2.75, 3.05) is 0 Å². The Kier molecular flexibility index (Phi) is 154. The van der Waals surface area contributed by atoms with Gasteiger partial charge in [0.25, 0.3) is 0 Å². The summed E-state index contributed by atoms with van der Waals surface area (Å²) in [5.74, 6) is 0. The van der Waals surface area contributed by atoms with Crippen LogP contribution in [0.3, 0.4) is 0 Å². The van der Waals surface area contributed by atoms with Crippen molar-refractivity contribution in [1.82, 2.24) is 0 Å². The zero-order chi connectivity index (χ0) is 0. The SMILES string of the molecule is [Ca+2].[Ce].[H-].[H-].[H-].[H-].[Mg+2].[Ti].[Zn]. The Labute approximate surface area is 145 Å². The second kappa shape index (κ2) is 23.3. The van der Waals surface area contributed by atoms with E-state index in [4.69, 9.17) is 0 Å². The summed E-state index contributed by atoms with van der Waals surface area (Å²) >= 11 is 0. The number of rotatable bonds is 0. The van der Waals surface area contributed by atoms with E-state index in [-0.39, 0.29) is 149 Å². The second-order valence-electron chi connectivity index (χ2n) is 0. The van der Waals surface area contributed by atoms with Gasteiger partial charge in [-0.15, -0.1) is 0 Å². The summed E-state index contributed by atoms with van der Waals surface area (Å²) in [5, 5.41) is 0. The summed E-state index contributed by atoms with van der Waals surface area (Å²) in [7, 11) is 0. The van der Waals surface area contributed by atoms with Gasteiger partial charge in [0, 0.05) is 82.9 Å². The molecule has 0 saturated carbocycles. The van der Waals surface area contributed by atoms with Gasteiger partial charge in [-0.1, -0.05) is 0 Å². The van der Waals surface area contributed by atoms with E-state index in [1.807, 2.05) is 0 Å². The predicted octanol–water partition coefficient (Wildman–Crippen LogP) is -0.317. The normalized spacial score (nSPS) is 0. The first kappa shape index (κ1) is 33.1. The minimum absolute atomic E-state index is 0. The van der Waals surface area contributed by atoms with E-state index in [0.717, 1.165) is 0 Å². The Hall–Kier alpha value is 4.74. The van der Waals surface area contributed by atoms with E-state index in [0.29, 0.717) is 0 Å². The molecule has 0 bridgehead atoms. The molecule has 5 heavy (non-hydrogen) atoms. The molecule has 0 nitrogen and oxygen atoms in total. The summed E-state index contributed by atoms with van der Waals surface area (Å²) in [5.41, 5.74) is 0. The van der Waals surface area contributed by atoms with E-state index >= 15 is 0 Å². The van der Waals surface area contributed by atoms with E-state index in [2.05, 4.69) is 0 Å². The van der Waals surface area contributed by atoms with Crippen LogP contribution in [-0.2, 0) is 41.2 Å². The molecule has 0 heterocycles. The molecule has 0 aliphatic heterocycles. The number of hydrogen-bond donors (Lipinski definition) is 0. The first-order chi connectivity index (χ1) is 0. The van der Waals surface area contributed by atoms with Crippen LogP contribution in [0.1, 0.15) is 5.71 Å². The number of hydrogen-bond acceptors (Lipinski definition) is 0. The van der Waals surface area contributed by atoms with Crippen LogP contribution < -0.4 is 0 Å². The van der Waals surface area contributed by atoms with Crippen LogP contribution in [0.4, 0.5) is 0 Å². The molecule has 0 fully saturated rings. The third-order valence-corrected chi connectivity index (χ3v) is 0. The third-order valence-electron chi connectivity index (χ3n) is 0. The Bertz CT molecular complexity index is 20.5. The van der Waals surface area contributed by atoms with Crippen molar-refractivity contribution in [3.8, 4) is 0 Å². The van der Waals surface area contributed by atoms with Crippen LogP contribution in [-0.4, -0.2) is 60.8 Å². The van der Waals surface area contributed by atoms with Crippen molar-refractivity contribution in [1.29, 1.82) is 0 Å². The molecule has 0 N–H and O–H groups in total. The summed E-state index contributed by atoms with van der Waals surface area (Å²) in [6, 6.07) is 0. The molecule has 0 aromatic heterocycles. The van der Waals surface area contributed by atoms with Gasteiger partial charge < -0.3 is 5.71 Å². The van der Waals surface area contributed by atoms with Gasteiger partial charge >= 0.3 is 60.8 Å². The molecule has 0 rings (SSSR count). The molecule has 0 unspecified atom stereocenters. The van der Waals surface area contributed by atoms with Gasteiger partial charge in [0.1, 0.15) is 0 Å². The molecular formula is H4CaCeMgTiZn. The third kappa shape index (κ3) is 17.7. The van der Waals surface area contributed by atoms with E-state index in [9.17, 15) is 0 Å². The molecule has 5 heteroatoms. The summed E-state index contributed by atoms with van der Waals surface area (Å²) in [6.45, 7) is 0. The minimum Gasteiger partial charge on any atom is -1.00 e. The van der Waals surface area contributed by atoms with Gasteiger partial charge in [0.2, 0.25) is 0 Å². The standard InChI is InChI=1S/Ca.Ce.Mg.Ti.Zn.4H/q+2;;+2;;;4*-1. The Morgan fingerprint density at radius 2 is 1.20 bits per heavy atom. The van der Waals surface area contributed by atoms with Crippen molar-refractivity contribution >= 4 is 60.8 Å². The fourth-order valence-electron chi connectivity index (χ4n) is 0. The van der Waals surface area contributed by atoms with Crippen molar-refractivity contribution in [2.45, 2.75) is 0 Å². The van der Waals surface area contributed by atoms with Gasteiger partial charge in [-0.25, -0.2) is 0 Å². The Morgan fingerprint density at radius 1 is 1.20 bits per heavy atom. The monoisotopic (exact) mass is 320 g/mol. The quantitative estimate of drug-likeness (QED) is 0.537. The van der Waals surface area contributed by atoms with Gasteiger partial charge in [-0.2, -0.15) is 0 Å². The molecule has 0 radical (unpaired) electrons. The van der Waals surface area contributed by atoms with Gasteiger partial charge in [0.15, 0.2) is 0 Å². The predicted molar refractivity (Wildman–Crippen MR) is 16.0 cm³/mol. The fraction of sp³-hybridized carbons (Fsp3) is 0. The van der Waals surface area contributed by atoms with Crippen molar-refractivity contribution in [3.05, 3.63) is 0 Å². The summed E-state index contributed by atoms with van der Waals surface area (Å²) < 4.78 is 0. The molecular weight excluding hydrogens is 318 g/mol. The smallest absolute Gasteiger partial charge is 1.00 e. The van der Waals surface area contributed by atoms with Gasteiger partial charge in [-0.05, 0) is 0 Å². The molecule has 0 amide bonds. The maximum atomic E-state index is 0. The van der Waals surface area contributed by atoms with Crippen molar-refractivity contribution in [3.63, 3.8) is 0 Å². The van der Waals surface area contributed by atoms with E-state index < -0.39 is 0 Å². The Morgan fingerprint density at radius 3 is 1.20 bits per heavy atom. The zero-order valence-electron chi connectivity index (χ0n) is 7.12. The fourth-order valence-corrected chi connectivity index (χ4v) is 0. The average Bonchev–Trinajstić information content (AvgIpc) is 0. The van der Waals surface area contributed by atoms with Crippen LogP contribution in [0.15, 0.2) is 0 Å². The molecule has 0 atom stereocenters. The largest absolute Gasteiger partial charge is 2.00 e. The molecule has 18 valence electrons. The first-order valence-corrected chi connectivity index (χ1v) is 0. The molecule has 0 aliphatic carbocycles. The van der Waals surface area contributed by atoms with Crippen LogP contribution in [0.5, 0.6) is 0 Å². The molecule has 0 aromatic carbocycles. The molecule has 0 aliphatic rings. The van der Waals surface area contributed by atoms with E-state index in [1.54, 1.807) is 0 Å². The Balaban J connectivity index is 0. The van der Waals surface area contributed by atoms with Gasteiger partial charge in [0.05, 0.1) is 0 Å². The van der Waals surface area contributed by atoms with Gasteiger partial charge in [-0.3, -0.25) is 0 Å². The second-order valence-corrected chi connectivity index (χ2v) is 0. The van der Waals surface area contributed by atoms with Crippen molar-refractivity contribution in [2.24, 2.45) is 0 Å². The zero-order valence-corrected chi connectivity index (χ0v) is 14.4. The maximum Gasteiger partial charge on any atom is 2.00 e. The van der Waals surface area contributed by atoms with Crippen LogP contribution >= 0.6 is 0 Å². The summed E-state index contributed by atoms with van der Waals surface area (Å²) in [6.07, 6.45) is 0. The van der Waals surface area contributed by atoms with E-state index in [1.165, 1.54) is 0 Å². The maximum absolute atomic E-state index is 0. The summed E-state index contributed by atoms with van der Waals surface area (Å²) in [4.78, 5) is 0. The molecule has 0 aromatic rings. The molecule has 0 saturated heterocycles. The molecule has 0 spiro atoms. The average molecular weight is 322 g/mol. The topological polar surface area (TPSA) is 0 Å². The minimum atomic E-state index is 0. The van der Waals surface area contributed by atoms with Crippen LogP contribution in [0, 0.1) is 41.7 Å². The first-order valence-electron chi connectivity index (χ1n) is 0.